The Kier molecular flexibility index (Phi) is 4.56. The Hall–Kier alpha value is -3.84. The van der Waals surface area contributed by atoms with Crippen molar-refractivity contribution in [2.75, 3.05) is 5.32 Å². The molecule has 1 N–H and O–H groups in total. The number of para-hydroxylation sites is 1. The molecule has 1 nitrogen and oxygen atoms in total. The molecule has 0 heterocycles. The molecule has 138 valence electrons. The minimum Gasteiger partial charge on any atom is -0.355 e. The van der Waals surface area contributed by atoms with Crippen LogP contribution in [0.25, 0.3) is 33.0 Å². The van der Waals surface area contributed by atoms with Crippen LogP contribution in [0.2, 0.25) is 0 Å². The molecule has 5 aromatic carbocycles. The summed E-state index contributed by atoms with van der Waals surface area (Å²) in [5.41, 5.74) is 7.12. The molecule has 0 aliphatic rings. The minimum absolute atomic E-state index is 1.11. The summed E-state index contributed by atoms with van der Waals surface area (Å²) in [5.74, 6) is 0. The molecule has 0 aliphatic carbocycles. The van der Waals surface area contributed by atoms with Gasteiger partial charge in [0.1, 0.15) is 0 Å². The van der Waals surface area contributed by atoms with Crippen LogP contribution in [-0.2, 0) is 0 Å². The van der Waals surface area contributed by atoms with E-state index in [4.69, 9.17) is 0 Å². The summed E-state index contributed by atoms with van der Waals surface area (Å²) in [6, 6.07) is 42.6. The summed E-state index contributed by atoms with van der Waals surface area (Å²) in [5, 5.41) is 6.16. The zero-order valence-corrected chi connectivity index (χ0v) is 16.0. The van der Waals surface area contributed by atoms with Gasteiger partial charge in [-0.05, 0) is 34.2 Å². The molecule has 5 aromatic rings. The number of anilines is 2. The molecule has 0 spiro atoms. The van der Waals surface area contributed by atoms with Crippen LogP contribution >= 0.6 is 0 Å². The first-order valence-electron chi connectivity index (χ1n) is 9.89. The lowest BCUT2D eigenvalue weighted by molar-refractivity contribution is 1.55. The predicted octanol–water partition coefficient (Wildman–Crippen LogP) is 7.92. The highest BCUT2D eigenvalue weighted by molar-refractivity contribution is 6.04. The van der Waals surface area contributed by atoms with Gasteiger partial charge in [-0.1, -0.05) is 109 Å². The fourth-order valence-corrected chi connectivity index (χ4v) is 3.90. The van der Waals surface area contributed by atoms with Crippen LogP contribution in [-0.4, -0.2) is 0 Å². The van der Waals surface area contributed by atoms with Crippen molar-refractivity contribution in [2.24, 2.45) is 0 Å². The fraction of sp³-hybridized carbons (Fsp3) is 0. The Morgan fingerprint density at radius 3 is 1.62 bits per heavy atom. The lowest BCUT2D eigenvalue weighted by Gasteiger charge is -2.15. The Bertz CT molecular complexity index is 1260. The van der Waals surface area contributed by atoms with E-state index in [1.807, 2.05) is 0 Å². The number of benzene rings is 5. The van der Waals surface area contributed by atoms with E-state index in [0.29, 0.717) is 0 Å². The van der Waals surface area contributed by atoms with Crippen LogP contribution in [0.1, 0.15) is 0 Å². The highest BCUT2D eigenvalue weighted by atomic mass is 14.9. The van der Waals surface area contributed by atoms with Gasteiger partial charge in [0.15, 0.2) is 0 Å². The van der Waals surface area contributed by atoms with Crippen LogP contribution in [0.15, 0.2) is 121 Å². The molecule has 0 aromatic heterocycles. The summed E-state index contributed by atoms with van der Waals surface area (Å²) in [6.07, 6.45) is 0. The highest BCUT2D eigenvalue weighted by Gasteiger charge is 2.09. The van der Waals surface area contributed by atoms with Gasteiger partial charge in [0.25, 0.3) is 0 Å². The summed E-state index contributed by atoms with van der Waals surface area (Å²) in [4.78, 5) is 0. The maximum atomic E-state index is 3.69. The lowest BCUT2D eigenvalue weighted by Crippen LogP contribution is -1.94. The first kappa shape index (κ1) is 17.3. The molecule has 0 atom stereocenters. The third-order valence-corrected chi connectivity index (χ3v) is 5.29. The van der Waals surface area contributed by atoms with E-state index in [1.54, 1.807) is 0 Å². The van der Waals surface area contributed by atoms with Crippen LogP contribution < -0.4 is 5.32 Å². The summed E-state index contributed by atoms with van der Waals surface area (Å²) < 4.78 is 0. The Morgan fingerprint density at radius 1 is 0.345 bits per heavy atom. The van der Waals surface area contributed by atoms with Crippen molar-refractivity contribution >= 4 is 22.1 Å². The summed E-state index contributed by atoms with van der Waals surface area (Å²) in [7, 11) is 0. The van der Waals surface area contributed by atoms with Crippen molar-refractivity contribution in [3.63, 3.8) is 0 Å². The van der Waals surface area contributed by atoms with E-state index < -0.39 is 0 Å². The third kappa shape index (κ3) is 3.39. The molecule has 0 saturated carbocycles. The van der Waals surface area contributed by atoms with E-state index in [0.717, 1.165) is 11.4 Å². The van der Waals surface area contributed by atoms with Crippen LogP contribution in [0.4, 0.5) is 11.4 Å². The van der Waals surface area contributed by atoms with E-state index in [9.17, 15) is 0 Å². The number of hydrogen-bond acceptors (Lipinski definition) is 1. The predicted molar refractivity (Wildman–Crippen MR) is 125 cm³/mol. The summed E-state index contributed by atoms with van der Waals surface area (Å²) >= 11 is 0. The Balaban J connectivity index is 1.62. The van der Waals surface area contributed by atoms with Crippen molar-refractivity contribution in [3.8, 4) is 22.3 Å². The van der Waals surface area contributed by atoms with E-state index in [2.05, 4.69) is 127 Å². The zero-order valence-electron chi connectivity index (χ0n) is 16.0. The first-order chi connectivity index (χ1) is 14.4. The van der Waals surface area contributed by atoms with E-state index in [-0.39, 0.29) is 0 Å². The third-order valence-electron chi connectivity index (χ3n) is 5.29. The minimum atomic E-state index is 1.11. The standard InChI is InChI=1S/C28H21N/c1-3-11-21(12-4-1)23-16-9-18-26-25(23)17-10-20-28(26)29-27-19-8-7-15-24(27)22-13-5-2-6-14-22/h1-20,29H. The zero-order chi connectivity index (χ0) is 19.5. The van der Waals surface area contributed by atoms with Gasteiger partial charge in [-0.15, -0.1) is 0 Å². The van der Waals surface area contributed by atoms with Gasteiger partial charge in [0.2, 0.25) is 0 Å². The maximum absolute atomic E-state index is 3.69. The topological polar surface area (TPSA) is 12.0 Å². The van der Waals surface area contributed by atoms with Gasteiger partial charge in [-0.25, -0.2) is 0 Å². The number of nitrogens with one attached hydrogen (secondary N) is 1. The lowest BCUT2D eigenvalue weighted by atomic mass is 9.97. The largest absolute Gasteiger partial charge is 0.355 e. The van der Waals surface area contributed by atoms with Gasteiger partial charge in [0, 0.05) is 22.3 Å². The second-order valence-electron chi connectivity index (χ2n) is 7.11. The average Bonchev–Trinajstić information content (AvgIpc) is 2.80. The van der Waals surface area contributed by atoms with Crippen molar-refractivity contribution in [1.29, 1.82) is 0 Å². The number of rotatable bonds is 4. The molecule has 0 radical (unpaired) electrons. The molecule has 0 amide bonds. The Morgan fingerprint density at radius 2 is 0.862 bits per heavy atom. The van der Waals surface area contributed by atoms with Crippen molar-refractivity contribution in [3.05, 3.63) is 121 Å². The first-order valence-corrected chi connectivity index (χ1v) is 9.89. The van der Waals surface area contributed by atoms with E-state index >= 15 is 0 Å². The normalized spacial score (nSPS) is 10.8. The van der Waals surface area contributed by atoms with Crippen LogP contribution in [0.5, 0.6) is 0 Å². The van der Waals surface area contributed by atoms with Crippen molar-refractivity contribution in [2.45, 2.75) is 0 Å². The molecule has 0 fully saturated rings. The average molecular weight is 371 g/mol. The maximum Gasteiger partial charge on any atom is 0.0464 e. The van der Waals surface area contributed by atoms with Gasteiger partial charge >= 0.3 is 0 Å². The number of hydrogen-bond donors (Lipinski definition) is 1. The van der Waals surface area contributed by atoms with Crippen LogP contribution in [0.3, 0.4) is 0 Å². The van der Waals surface area contributed by atoms with Gasteiger partial charge in [0.05, 0.1) is 0 Å². The van der Waals surface area contributed by atoms with Crippen molar-refractivity contribution in [1.82, 2.24) is 0 Å². The quantitative estimate of drug-likeness (QED) is 0.338. The second kappa shape index (κ2) is 7.65. The van der Waals surface area contributed by atoms with Gasteiger partial charge in [-0.2, -0.15) is 0 Å². The summed E-state index contributed by atoms with van der Waals surface area (Å²) in [6.45, 7) is 0. The highest BCUT2D eigenvalue weighted by Crippen LogP contribution is 2.36. The molecule has 0 aliphatic heterocycles. The fourth-order valence-electron chi connectivity index (χ4n) is 3.90. The van der Waals surface area contributed by atoms with Crippen LogP contribution in [0, 0.1) is 0 Å². The SMILES string of the molecule is c1ccc(-c2ccccc2Nc2cccc3c(-c4ccccc4)cccc23)cc1. The monoisotopic (exact) mass is 371 g/mol. The molecule has 29 heavy (non-hydrogen) atoms. The molecular formula is C28H21N. The molecule has 0 unspecified atom stereocenters. The van der Waals surface area contributed by atoms with E-state index in [1.165, 1.54) is 33.0 Å². The molecule has 1 heteroatoms. The Labute approximate surface area is 171 Å². The number of fused-ring (bicyclic) bond motifs is 1. The smallest absolute Gasteiger partial charge is 0.0464 e. The molecule has 5 rings (SSSR count). The van der Waals surface area contributed by atoms with Crippen molar-refractivity contribution < 1.29 is 0 Å². The molecular weight excluding hydrogens is 350 g/mol. The van der Waals surface area contributed by atoms with Gasteiger partial charge < -0.3 is 5.32 Å². The van der Waals surface area contributed by atoms with Gasteiger partial charge in [-0.3, -0.25) is 0 Å². The second-order valence-corrected chi connectivity index (χ2v) is 7.11. The molecule has 0 saturated heterocycles. The molecule has 0 bridgehead atoms.